The highest BCUT2D eigenvalue weighted by Gasteiger charge is 2.36. The van der Waals surface area contributed by atoms with Crippen LogP contribution in [-0.2, 0) is 0 Å². The van der Waals surface area contributed by atoms with Gasteiger partial charge >= 0.3 is 0 Å². The predicted molar refractivity (Wildman–Crippen MR) is 118 cm³/mol. The van der Waals surface area contributed by atoms with Crippen LogP contribution in [0.3, 0.4) is 0 Å². The van der Waals surface area contributed by atoms with Crippen LogP contribution >= 0.6 is 11.6 Å². The second-order valence-electron chi connectivity index (χ2n) is 7.38. The van der Waals surface area contributed by atoms with Crippen LogP contribution in [0.2, 0.25) is 5.02 Å². The first kappa shape index (κ1) is 21.1. The van der Waals surface area contributed by atoms with E-state index in [4.69, 9.17) is 20.9 Å². The number of benzene rings is 1. The molecule has 1 aliphatic heterocycles. The normalized spacial score (nSPS) is 15.7. The van der Waals surface area contributed by atoms with Gasteiger partial charge in [-0.2, -0.15) is 20.0 Å². The molecule has 1 saturated heterocycles. The molecule has 0 N–H and O–H groups in total. The molecule has 4 aromatic rings. The Morgan fingerprint density at radius 1 is 1.24 bits per heavy atom. The minimum atomic E-state index is -0.358. The first-order valence-electron chi connectivity index (χ1n) is 10.5. The van der Waals surface area contributed by atoms with Crippen molar-refractivity contribution in [1.82, 2.24) is 35.0 Å². The summed E-state index contributed by atoms with van der Waals surface area (Å²) >= 11 is 6.21. The zero-order valence-electron chi connectivity index (χ0n) is 17.8. The van der Waals surface area contributed by atoms with Crippen LogP contribution < -0.4 is 4.74 Å². The van der Waals surface area contributed by atoms with E-state index in [-0.39, 0.29) is 11.9 Å². The predicted octanol–water partition coefficient (Wildman–Crippen LogP) is 3.74. The van der Waals surface area contributed by atoms with Crippen molar-refractivity contribution in [3.8, 4) is 23.0 Å². The molecule has 33 heavy (non-hydrogen) atoms. The molecule has 1 aliphatic rings. The fourth-order valence-electron chi connectivity index (χ4n) is 3.91. The van der Waals surface area contributed by atoms with Gasteiger partial charge in [0.25, 0.3) is 5.91 Å². The van der Waals surface area contributed by atoms with Gasteiger partial charge in [0.05, 0.1) is 35.8 Å². The lowest BCUT2D eigenvalue weighted by molar-refractivity contribution is 0.0709. The maximum atomic E-state index is 13.6. The van der Waals surface area contributed by atoms with Gasteiger partial charge in [0.2, 0.25) is 17.6 Å². The molecule has 1 fully saturated rings. The van der Waals surface area contributed by atoms with E-state index in [1.54, 1.807) is 47.8 Å². The largest absolute Gasteiger partial charge is 0.477 e. The Morgan fingerprint density at radius 2 is 2.09 bits per heavy atom. The van der Waals surface area contributed by atoms with Crippen molar-refractivity contribution in [2.75, 3.05) is 13.2 Å². The molecule has 5 rings (SSSR count). The van der Waals surface area contributed by atoms with Crippen LogP contribution in [-0.4, -0.2) is 54.1 Å². The van der Waals surface area contributed by atoms with Gasteiger partial charge < -0.3 is 14.2 Å². The van der Waals surface area contributed by atoms with Gasteiger partial charge in [-0.05, 0) is 50.1 Å². The molecular weight excluding hydrogens is 446 g/mol. The van der Waals surface area contributed by atoms with E-state index in [0.29, 0.717) is 59.0 Å². The van der Waals surface area contributed by atoms with Crippen molar-refractivity contribution in [2.24, 2.45) is 0 Å². The molecule has 1 atom stereocenters. The van der Waals surface area contributed by atoms with Gasteiger partial charge in [-0.3, -0.25) is 4.79 Å². The molecule has 0 radical (unpaired) electrons. The molecule has 10 nitrogen and oxygen atoms in total. The lowest BCUT2D eigenvalue weighted by atomic mass is 10.1. The number of pyridine rings is 1. The Kier molecular flexibility index (Phi) is 5.74. The van der Waals surface area contributed by atoms with Crippen LogP contribution in [0.1, 0.15) is 42.1 Å². The summed E-state index contributed by atoms with van der Waals surface area (Å²) < 4.78 is 11.2. The average Bonchev–Trinajstić information content (AvgIpc) is 3.60. The number of rotatable bonds is 6. The average molecular weight is 466 g/mol. The first-order valence-corrected chi connectivity index (χ1v) is 10.9. The Morgan fingerprint density at radius 3 is 2.91 bits per heavy atom. The summed E-state index contributed by atoms with van der Waals surface area (Å²) in [7, 11) is 0. The molecule has 11 heteroatoms. The van der Waals surface area contributed by atoms with Crippen LogP contribution in [0.25, 0.3) is 17.1 Å². The summed E-state index contributed by atoms with van der Waals surface area (Å²) in [5.74, 6) is 0.957. The quantitative estimate of drug-likeness (QED) is 0.423. The van der Waals surface area contributed by atoms with Crippen molar-refractivity contribution in [1.29, 1.82) is 0 Å². The molecule has 168 valence electrons. The van der Waals surface area contributed by atoms with Crippen molar-refractivity contribution in [3.63, 3.8) is 0 Å². The molecule has 1 unspecified atom stereocenters. The minimum Gasteiger partial charge on any atom is -0.477 e. The Labute approximate surface area is 194 Å². The fraction of sp³-hybridized carbons (Fsp3) is 0.273. The lowest BCUT2D eigenvalue weighted by Gasteiger charge is -2.23. The van der Waals surface area contributed by atoms with E-state index in [9.17, 15) is 4.79 Å². The van der Waals surface area contributed by atoms with E-state index in [1.807, 2.05) is 13.0 Å². The lowest BCUT2D eigenvalue weighted by Crippen LogP contribution is -2.31. The van der Waals surface area contributed by atoms with Crippen molar-refractivity contribution in [2.45, 2.75) is 25.8 Å². The molecule has 4 heterocycles. The zero-order valence-corrected chi connectivity index (χ0v) is 18.5. The van der Waals surface area contributed by atoms with Crippen molar-refractivity contribution >= 4 is 17.5 Å². The smallest absolute Gasteiger partial charge is 0.256 e. The highest BCUT2D eigenvalue weighted by atomic mass is 35.5. The van der Waals surface area contributed by atoms with Gasteiger partial charge in [0.15, 0.2) is 0 Å². The summed E-state index contributed by atoms with van der Waals surface area (Å²) in [4.78, 5) is 25.5. The third-order valence-electron chi connectivity index (χ3n) is 5.36. The summed E-state index contributed by atoms with van der Waals surface area (Å²) in [5, 5.41) is 12.9. The van der Waals surface area contributed by atoms with Crippen molar-refractivity contribution in [3.05, 3.63) is 65.4 Å². The number of halogens is 1. The van der Waals surface area contributed by atoms with Crippen LogP contribution in [0.4, 0.5) is 0 Å². The van der Waals surface area contributed by atoms with Gasteiger partial charge in [-0.25, -0.2) is 4.98 Å². The maximum absolute atomic E-state index is 13.6. The SMILES string of the molecule is CCOc1ncccc1-c1noc(C2CCCN2C(=O)c2cc(Cl)ccc2-n2nccn2)n1. The number of carbonyl (C=O) groups excluding carboxylic acids is 1. The number of aromatic nitrogens is 6. The monoisotopic (exact) mass is 465 g/mol. The molecule has 1 amide bonds. The highest BCUT2D eigenvalue weighted by Crippen LogP contribution is 2.35. The number of ether oxygens (including phenoxy) is 1. The summed E-state index contributed by atoms with van der Waals surface area (Å²) in [6.07, 6.45) is 6.26. The Hall–Kier alpha value is -3.79. The number of likely N-dealkylation sites (tertiary alicyclic amines) is 1. The molecule has 1 aromatic carbocycles. The summed E-state index contributed by atoms with van der Waals surface area (Å²) in [5.41, 5.74) is 1.58. The van der Waals surface area contributed by atoms with Gasteiger partial charge in [-0.15, -0.1) is 0 Å². The van der Waals surface area contributed by atoms with Crippen LogP contribution in [0.15, 0.2) is 53.4 Å². The topological polar surface area (TPSA) is 112 Å². The van der Waals surface area contributed by atoms with E-state index in [2.05, 4.69) is 25.3 Å². The second-order valence-corrected chi connectivity index (χ2v) is 7.82. The van der Waals surface area contributed by atoms with E-state index in [1.165, 1.54) is 4.80 Å². The molecule has 0 bridgehead atoms. The molecular formula is C22H20ClN7O3. The van der Waals surface area contributed by atoms with Gasteiger partial charge in [0.1, 0.15) is 6.04 Å². The Bertz CT molecular complexity index is 1270. The number of hydrogen-bond donors (Lipinski definition) is 0. The highest BCUT2D eigenvalue weighted by molar-refractivity contribution is 6.31. The maximum Gasteiger partial charge on any atom is 0.256 e. The van der Waals surface area contributed by atoms with E-state index < -0.39 is 0 Å². The molecule has 0 saturated carbocycles. The van der Waals surface area contributed by atoms with E-state index in [0.717, 1.165) is 6.42 Å². The van der Waals surface area contributed by atoms with Crippen LogP contribution in [0, 0.1) is 0 Å². The third kappa shape index (κ3) is 4.05. The summed E-state index contributed by atoms with van der Waals surface area (Å²) in [6, 6.07) is 8.29. The van der Waals surface area contributed by atoms with Crippen LogP contribution in [0.5, 0.6) is 5.88 Å². The zero-order chi connectivity index (χ0) is 22.8. The number of amides is 1. The number of nitrogens with zero attached hydrogens (tertiary/aromatic N) is 7. The van der Waals surface area contributed by atoms with Crippen molar-refractivity contribution < 1.29 is 14.1 Å². The number of hydrogen-bond acceptors (Lipinski definition) is 8. The molecule has 3 aromatic heterocycles. The second kappa shape index (κ2) is 8.99. The third-order valence-corrected chi connectivity index (χ3v) is 5.59. The molecule has 0 spiro atoms. The first-order chi connectivity index (χ1) is 16.2. The molecule has 0 aliphatic carbocycles. The summed E-state index contributed by atoms with van der Waals surface area (Å²) in [6.45, 7) is 2.90. The van der Waals surface area contributed by atoms with Gasteiger partial charge in [0, 0.05) is 17.8 Å². The van der Waals surface area contributed by atoms with Gasteiger partial charge in [-0.1, -0.05) is 16.8 Å². The van der Waals surface area contributed by atoms with E-state index >= 15 is 0 Å². The standard InChI is InChI=1S/C22H20ClN7O3/c1-2-32-20-15(5-3-9-24-20)19-27-21(33-28-19)18-6-4-12-29(18)22(31)16-13-14(23)7-8-17(16)30-25-10-11-26-30/h3,5,7-11,13,18H,2,4,6,12H2,1H3. The number of carbonyl (C=O) groups is 1. The fourth-order valence-corrected chi connectivity index (χ4v) is 4.08. The minimum absolute atomic E-state index is 0.205. The Balaban J connectivity index is 1.46.